The fourth-order valence-electron chi connectivity index (χ4n) is 16.1. The SMILES string of the molecule is c1ccc(C(=C(c2ccccc2)c2ccc(-c3cccc(N(c4ccccc4)c4ccc5c6ccc(-c7ccc8c(c7)oc7cccc(N(c9ccccc9)c9cccc(-c%10ccc(C(=C(c%11ccccc%11)c%11ccccc%11)c%11ccccc%11)cc%10)c9)c78)cc6n(-c6ccccc6)c5c4)c3)cc2)c2ccccc2)cc1. The van der Waals surface area contributed by atoms with Crippen molar-refractivity contribution in [3.63, 3.8) is 0 Å². The molecule has 0 radical (unpaired) electrons. The predicted octanol–water partition coefficient (Wildman–Crippen LogP) is 28.6. The minimum atomic E-state index is 0.818. The zero-order valence-corrected chi connectivity index (χ0v) is 60.4. The molecule has 518 valence electrons. The first-order valence-electron chi connectivity index (χ1n) is 37.6. The molecule has 0 spiro atoms. The Bertz CT molecular complexity index is 6480. The van der Waals surface area contributed by atoms with Crippen LogP contribution in [-0.2, 0) is 0 Å². The van der Waals surface area contributed by atoms with Gasteiger partial charge in [0.05, 0.1) is 22.1 Å². The number of aromatic nitrogens is 1. The zero-order valence-electron chi connectivity index (χ0n) is 60.4. The van der Waals surface area contributed by atoms with Crippen LogP contribution in [0.25, 0.3) is 105 Å². The minimum absolute atomic E-state index is 0.818. The van der Waals surface area contributed by atoms with Crippen molar-refractivity contribution in [2.45, 2.75) is 0 Å². The molecule has 0 amide bonds. The van der Waals surface area contributed by atoms with Crippen LogP contribution in [0.3, 0.4) is 0 Å². The first kappa shape index (κ1) is 66.1. The third kappa shape index (κ3) is 12.7. The molecule has 0 unspecified atom stereocenters. The molecular formula is C106H73N3O. The van der Waals surface area contributed by atoms with Crippen LogP contribution < -0.4 is 9.80 Å². The molecule has 0 aliphatic rings. The fraction of sp³-hybridized carbons (Fsp3) is 0. The topological polar surface area (TPSA) is 24.6 Å². The van der Waals surface area contributed by atoms with E-state index in [0.29, 0.717) is 0 Å². The summed E-state index contributed by atoms with van der Waals surface area (Å²) < 4.78 is 9.43. The summed E-state index contributed by atoms with van der Waals surface area (Å²) >= 11 is 0. The third-order valence-electron chi connectivity index (χ3n) is 21.2. The molecule has 0 aliphatic carbocycles. The molecule has 4 nitrogen and oxygen atoms in total. The van der Waals surface area contributed by atoms with Gasteiger partial charge in [0.2, 0.25) is 0 Å². The van der Waals surface area contributed by atoms with Gasteiger partial charge in [0, 0.05) is 50.3 Å². The van der Waals surface area contributed by atoms with Gasteiger partial charge in [0.25, 0.3) is 0 Å². The maximum atomic E-state index is 7.00. The Labute approximate surface area is 641 Å². The Morgan fingerprint density at radius 1 is 0.200 bits per heavy atom. The first-order chi connectivity index (χ1) is 54.6. The lowest BCUT2D eigenvalue weighted by atomic mass is 9.85. The molecule has 0 atom stereocenters. The van der Waals surface area contributed by atoms with Crippen molar-refractivity contribution in [1.29, 1.82) is 0 Å². The first-order valence-corrected chi connectivity index (χ1v) is 37.6. The van der Waals surface area contributed by atoms with Gasteiger partial charge in [-0.3, -0.25) is 0 Å². The number of rotatable bonds is 18. The van der Waals surface area contributed by atoms with Crippen molar-refractivity contribution in [3.05, 3.63) is 487 Å². The largest absolute Gasteiger partial charge is 0.456 e. The van der Waals surface area contributed by atoms with E-state index in [1.807, 2.05) is 0 Å². The lowest BCUT2D eigenvalue weighted by molar-refractivity contribution is 0.669. The maximum absolute atomic E-state index is 7.00. The molecule has 0 bridgehead atoms. The van der Waals surface area contributed by atoms with Gasteiger partial charge < -0.3 is 18.8 Å². The van der Waals surface area contributed by atoms with Gasteiger partial charge in [-0.05, 0) is 203 Å². The molecule has 0 aliphatic heterocycles. The van der Waals surface area contributed by atoms with Crippen LogP contribution in [0.4, 0.5) is 34.1 Å². The van der Waals surface area contributed by atoms with Crippen molar-refractivity contribution in [3.8, 4) is 39.1 Å². The summed E-state index contributed by atoms with van der Waals surface area (Å²) in [7, 11) is 0. The van der Waals surface area contributed by atoms with Crippen LogP contribution in [0.5, 0.6) is 0 Å². The van der Waals surface area contributed by atoms with Crippen LogP contribution in [0.15, 0.2) is 447 Å². The predicted molar refractivity (Wildman–Crippen MR) is 462 cm³/mol. The summed E-state index contributed by atoms with van der Waals surface area (Å²) in [5.74, 6) is 0. The second-order valence-corrected chi connectivity index (χ2v) is 27.9. The van der Waals surface area contributed by atoms with Crippen molar-refractivity contribution in [2.24, 2.45) is 0 Å². The normalized spacial score (nSPS) is 11.3. The van der Waals surface area contributed by atoms with Crippen LogP contribution >= 0.6 is 0 Å². The van der Waals surface area contributed by atoms with Crippen LogP contribution in [0.2, 0.25) is 0 Å². The van der Waals surface area contributed by atoms with Gasteiger partial charge in [-0.2, -0.15) is 0 Å². The molecule has 4 heteroatoms. The van der Waals surface area contributed by atoms with E-state index in [9.17, 15) is 0 Å². The van der Waals surface area contributed by atoms with Gasteiger partial charge in [-0.15, -0.1) is 0 Å². The zero-order chi connectivity index (χ0) is 73.1. The number of hydrogen-bond acceptors (Lipinski definition) is 3. The van der Waals surface area contributed by atoms with Crippen LogP contribution in [0.1, 0.15) is 44.5 Å². The monoisotopic (exact) mass is 1400 g/mol. The fourth-order valence-corrected chi connectivity index (χ4v) is 16.1. The molecule has 0 fully saturated rings. The summed E-state index contributed by atoms with van der Waals surface area (Å²) in [6.07, 6.45) is 0. The Morgan fingerprint density at radius 3 is 0.964 bits per heavy atom. The second-order valence-electron chi connectivity index (χ2n) is 27.9. The van der Waals surface area contributed by atoms with Gasteiger partial charge in [0.1, 0.15) is 11.2 Å². The average Bonchev–Trinajstić information content (AvgIpc) is 1.59. The smallest absolute Gasteiger partial charge is 0.137 e. The number of furan rings is 1. The van der Waals surface area contributed by atoms with E-state index in [-0.39, 0.29) is 0 Å². The number of para-hydroxylation sites is 3. The quantitative estimate of drug-likeness (QED) is 0.0801. The summed E-state index contributed by atoms with van der Waals surface area (Å²) in [5.41, 5.74) is 31.9. The highest BCUT2D eigenvalue weighted by Gasteiger charge is 2.25. The lowest BCUT2D eigenvalue weighted by Crippen LogP contribution is -2.10. The highest BCUT2D eigenvalue weighted by Crippen LogP contribution is 2.48. The van der Waals surface area contributed by atoms with E-state index in [0.717, 1.165) is 128 Å². The summed E-state index contributed by atoms with van der Waals surface area (Å²) in [5, 5.41) is 4.42. The minimum Gasteiger partial charge on any atom is -0.456 e. The van der Waals surface area contributed by atoms with E-state index < -0.39 is 0 Å². The van der Waals surface area contributed by atoms with E-state index >= 15 is 0 Å². The Hall–Kier alpha value is -14.6. The Morgan fingerprint density at radius 2 is 0.518 bits per heavy atom. The molecule has 17 aromatic carbocycles. The molecule has 0 saturated heterocycles. The van der Waals surface area contributed by atoms with E-state index in [1.165, 1.54) is 55.3 Å². The summed E-state index contributed by atoms with van der Waals surface area (Å²) in [6.45, 7) is 0. The van der Waals surface area contributed by atoms with Gasteiger partial charge in [-0.1, -0.05) is 340 Å². The van der Waals surface area contributed by atoms with E-state index in [2.05, 4.69) is 457 Å². The van der Waals surface area contributed by atoms with Gasteiger partial charge in [-0.25, -0.2) is 0 Å². The van der Waals surface area contributed by atoms with Crippen molar-refractivity contribution < 1.29 is 4.42 Å². The van der Waals surface area contributed by atoms with Gasteiger partial charge >= 0.3 is 0 Å². The molecule has 2 aromatic heterocycles. The lowest BCUT2D eigenvalue weighted by Gasteiger charge is -2.26. The number of nitrogens with zero attached hydrogens (tertiary/aromatic N) is 3. The number of hydrogen-bond donors (Lipinski definition) is 0. The Kier molecular flexibility index (Phi) is 17.7. The number of anilines is 6. The molecule has 19 aromatic rings. The standard InChI is InChI=1S/C106H73N3O/c1-10-31-76(32-11-1)102(77-33-12-2-13-34-77)104(80-39-18-5-19-40-80)82-59-55-74(56-60-82)84-43-28-51-91(69-84)107(88-45-22-7-23-46-88)93-65-68-95-94-66-63-86(71-98(94)109(99(95)73-93)90-49-26-9-27-50-90)87-64-67-96-101(72-87)110-100-54-30-53-97(106(96)100)108(89-47-24-8-25-48-89)92-52-29-44-85(70-92)75-57-61-83(62-58-75)105(81-41-20-6-21-42-81)103(78-35-14-3-15-36-78)79-37-16-4-17-38-79/h1-73H. The number of fused-ring (bicyclic) bond motifs is 6. The van der Waals surface area contributed by atoms with E-state index in [1.54, 1.807) is 0 Å². The number of benzene rings is 17. The highest BCUT2D eigenvalue weighted by molar-refractivity contribution is 6.15. The highest BCUT2D eigenvalue weighted by atomic mass is 16.3. The molecule has 110 heavy (non-hydrogen) atoms. The maximum Gasteiger partial charge on any atom is 0.137 e. The third-order valence-corrected chi connectivity index (χ3v) is 21.2. The van der Waals surface area contributed by atoms with E-state index in [4.69, 9.17) is 4.42 Å². The summed E-state index contributed by atoms with van der Waals surface area (Å²) in [6, 6.07) is 160. The van der Waals surface area contributed by atoms with Crippen LogP contribution in [0, 0.1) is 0 Å². The van der Waals surface area contributed by atoms with Gasteiger partial charge in [0.15, 0.2) is 0 Å². The molecule has 0 saturated carbocycles. The van der Waals surface area contributed by atoms with Crippen molar-refractivity contribution in [1.82, 2.24) is 4.57 Å². The molecular weight excluding hydrogens is 1330 g/mol. The van der Waals surface area contributed by atoms with Crippen molar-refractivity contribution in [2.75, 3.05) is 9.80 Å². The molecule has 0 N–H and O–H groups in total. The van der Waals surface area contributed by atoms with Crippen LogP contribution in [-0.4, -0.2) is 4.57 Å². The summed E-state index contributed by atoms with van der Waals surface area (Å²) in [4.78, 5) is 4.76. The molecule has 19 rings (SSSR count). The Balaban J connectivity index is 0.669. The second kappa shape index (κ2) is 29.4. The average molecular weight is 1400 g/mol. The molecule has 2 heterocycles. The van der Waals surface area contributed by atoms with Crippen molar-refractivity contribution >= 4 is 100 Å².